The molecule has 2 aliphatic rings. The van der Waals surface area contributed by atoms with Gasteiger partial charge in [-0.1, -0.05) is 48.6 Å². The highest BCUT2D eigenvalue weighted by molar-refractivity contribution is 7.94. The second-order valence-corrected chi connectivity index (χ2v) is 17.8. The molecule has 1 atom stereocenters. The molecule has 0 amide bonds. The van der Waals surface area contributed by atoms with Crippen molar-refractivity contribution >= 4 is 76.1 Å². The van der Waals surface area contributed by atoms with E-state index in [9.17, 15) is 23.1 Å². The van der Waals surface area contributed by atoms with Crippen molar-refractivity contribution in [1.82, 2.24) is 9.97 Å². The third-order valence-corrected chi connectivity index (χ3v) is 13.9. The Morgan fingerprint density at radius 2 is 1.41 bits per heavy atom. The Hall–Kier alpha value is -6.41. The lowest BCUT2D eigenvalue weighted by Gasteiger charge is -2.23. The summed E-state index contributed by atoms with van der Waals surface area (Å²) in [5.41, 5.74) is 11.6. The lowest BCUT2D eigenvalue weighted by Crippen LogP contribution is -2.36. The number of aromatic nitrogens is 2. The number of benzene rings is 5. The Labute approximate surface area is 329 Å². The van der Waals surface area contributed by atoms with Crippen LogP contribution in [0.2, 0.25) is 0 Å². The largest absolute Gasteiger partial charge is 0.507 e. The first-order valence-corrected chi connectivity index (χ1v) is 20.5. The summed E-state index contributed by atoms with van der Waals surface area (Å²) in [6.07, 6.45) is 7.51. The van der Waals surface area contributed by atoms with Gasteiger partial charge in [-0.25, -0.2) is 18.4 Å². The Kier molecular flexibility index (Phi) is 8.27. The van der Waals surface area contributed by atoms with E-state index in [2.05, 4.69) is 29.8 Å². The molecule has 10 nitrogen and oxygen atoms in total. The summed E-state index contributed by atoms with van der Waals surface area (Å²) in [4.78, 5) is 36.2. The van der Waals surface area contributed by atoms with E-state index in [0.29, 0.717) is 5.69 Å². The molecule has 1 unspecified atom stereocenters. The summed E-state index contributed by atoms with van der Waals surface area (Å²) in [5, 5.41) is 12.6. The molecule has 0 saturated carbocycles. The summed E-state index contributed by atoms with van der Waals surface area (Å²) in [6, 6.07) is 27.0. The normalized spacial score (nSPS) is 16.4. The SMILES string of the molecule is Cc1ccc2nc(-c3ccc4nc(-c5ccc(NS(=O)(=O)C6(C)C=CC=C(Oc7cc(O)c8c(c7N)C(=O)c7ccccc7C8=O)C=C6)cc5)sc4c3)sc2c1. The number of ketones is 2. The molecular formula is C43H30N4O6S3. The molecule has 56 heavy (non-hydrogen) atoms. The third-order valence-electron chi connectivity index (χ3n) is 9.82. The van der Waals surface area contributed by atoms with Gasteiger partial charge in [-0.15, -0.1) is 22.7 Å². The van der Waals surface area contributed by atoms with E-state index < -0.39 is 32.1 Å². The van der Waals surface area contributed by atoms with Crippen LogP contribution in [0.1, 0.15) is 44.3 Å². The number of hydrogen-bond acceptors (Lipinski definition) is 11. The highest BCUT2D eigenvalue weighted by atomic mass is 32.2. The van der Waals surface area contributed by atoms with Crippen molar-refractivity contribution < 1.29 is 27.9 Å². The molecular weight excluding hydrogens is 765 g/mol. The Bertz CT molecular complexity index is 3030. The molecule has 0 bridgehead atoms. The summed E-state index contributed by atoms with van der Waals surface area (Å²) in [5.74, 6) is -1.37. The van der Waals surface area contributed by atoms with Crippen LogP contribution in [-0.4, -0.2) is 39.8 Å². The molecule has 276 valence electrons. The molecule has 5 aromatic carbocycles. The summed E-state index contributed by atoms with van der Waals surface area (Å²) >= 11 is 3.22. The second-order valence-electron chi connectivity index (χ2n) is 13.7. The first-order valence-electron chi connectivity index (χ1n) is 17.4. The zero-order chi connectivity index (χ0) is 38.9. The minimum atomic E-state index is -4.04. The second kappa shape index (κ2) is 13.1. The van der Waals surface area contributed by atoms with E-state index >= 15 is 0 Å². The van der Waals surface area contributed by atoms with Crippen LogP contribution in [0, 0.1) is 6.92 Å². The molecule has 0 fully saturated rings. The zero-order valence-corrected chi connectivity index (χ0v) is 32.2. The molecule has 4 N–H and O–H groups in total. The molecule has 13 heteroatoms. The van der Waals surface area contributed by atoms with E-state index in [1.165, 1.54) is 54.1 Å². The first-order chi connectivity index (χ1) is 26.9. The van der Waals surface area contributed by atoms with Gasteiger partial charge in [0.1, 0.15) is 26.3 Å². The molecule has 0 aliphatic heterocycles. The van der Waals surface area contributed by atoms with Crippen LogP contribution in [0.25, 0.3) is 41.6 Å². The molecule has 2 aromatic heterocycles. The van der Waals surface area contributed by atoms with Gasteiger partial charge in [-0.2, -0.15) is 0 Å². The van der Waals surface area contributed by atoms with Crippen molar-refractivity contribution in [2.24, 2.45) is 0 Å². The van der Waals surface area contributed by atoms with Gasteiger partial charge in [0.15, 0.2) is 17.3 Å². The third kappa shape index (κ3) is 5.97. The molecule has 7 aromatic rings. The van der Waals surface area contributed by atoms with E-state index in [4.69, 9.17) is 20.4 Å². The number of aryl methyl sites for hydroxylation is 1. The van der Waals surface area contributed by atoms with Gasteiger partial charge in [0.05, 0.1) is 37.2 Å². The van der Waals surface area contributed by atoms with Crippen LogP contribution in [0.15, 0.2) is 127 Å². The number of carbonyl (C=O) groups is 2. The monoisotopic (exact) mass is 794 g/mol. The van der Waals surface area contributed by atoms with Gasteiger partial charge in [0.25, 0.3) is 0 Å². The van der Waals surface area contributed by atoms with Crippen LogP contribution in [0.5, 0.6) is 11.5 Å². The van der Waals surface area contributed by atoms with Crippen molar-refractivity contribution in [2.45, 2.75) is 18.6 Å². The number of phenolic OH excluding ortho intramolecular Hbond substituents is 1. The van der Waals surface area contributed by atoms with E-state index in [1.54, 1.807) is 53.9 Å². The Balaban J connectivity index is 0.909. The molecule has 0 spiro atoms. The summed E-state index contributed by atoms with van der Waals surface area (Å²) < 4.78 is 36.9. The fourth-order valence-corrected chi connectivity index (χ4v) is 9.95. The summed E-state index contributed by atoms with van der Waals surface area (Å²) in [7, 11) is -4.04. The minimum absolute atomic E-state index is 0.0624. The van der Waals surface area contributed by atoms with Gasteiger partial charge in [-0.05, 0) is 86.2 Å². The topological polar surface area (TPSA) is 162 Å². The number of nitrogens with zero attached hydrogens (tertiary/aromatic N) is 2. The van der Waals surface area contributed by atoms with Crippen LogP contribution in [0.3, 0.4) is 0 Å². The number of nitrogens with two attached hydrogens (primary N) is 1. The Morgan fingerprint density at radius 3 is 2.12 bits per heavy atom. The number of carbonyl (C=O) groups excluding carboxylic acids is 2. The number of nitrogens with one attached hydrogen (secondary N) is 1. The number of sulfonamides is 1. The van der Waals surface area contributed by atoms with E-state index in [0.717, 1.165) is 41.6 Å². The summed E-state index contributed by atoms with van der Waals surface area (Å²) in [6.45, 7) is 3.61. The quantitative estimate of drug-likeness (QED) is 0.106. The molecule has 0 radical (unpaired) electrons. The first kappa shape index (κ1) is 35.3. The van der Waals surface area contributed by atoms with Crippen molar-refractivity contribution in [3.05, 3.63) is 155 Å². The van der Waals surface area contributed by atoms with Crippen LogP contribution in [0.4, 0.5) is 11.4 Å². The fraction of sp³-hybridized carbons (Fsp3) is 0.0698. The smallest absolute Gasteiger partial charge is 0.245 e. The lowest BCUT2D eigenvalue weighted by atomic mass is 9.82. The number of aromatic hydroxyl groups is 1. The molecule has 2 heterocycles. The number of ether oxygens (including phenoxy) is 1. The van der Waals surface area contributed by atoms with E-state index in [-0.39, 0.29) is 39.4 Å². The highest BCUT2D eigenvalue weighted by Gasteiger charge is 2.37. The molecule has 0 saturated heterocycles. The number of hydrogen-bond donors (Lipinski definition) is 3. The van der Waals surface area contributed by atoms with Gasteiger partial charge in [0.2, 0.25) is 10.0 Å². The standard InChI is InChI=1S/C43H30N4O6S3/c1-23-9-15-30-34(20-23)54-42(46-30)25-12-16-31-35(21-25)55-41(45-31)24-10-13-26(14-11-24)47-56(51,52)43(2)18-5-6-27(17-19-43)53-33-22-32(48)36-37(38(33)44)40(50)29-8-4-3-7-28(29)39(36)49/h3-22,47-48H,44H2,1-2H3. The van der Waals surface area contributed by atoms with Crippen LogP contribution in [-0.2, 0) is 10.0 Å². The van der Waals surface area contributed by atoms with Gasteiger partial charge >= 0.3 is 0 Å². The lowest BCUT2D eigenvalue weighted by molar-refractivity contribution is 0.0977. The number of phenols is 1. The number of allylic oxidation sites excluding steroid dienone is 3. The fourth-order valence-electron chi connectivity index (χ4n) is 6.71. The average molecular weight is 795 g/mol. The Morgan fingerprint density at radius 1 is 0.786 bits per heavy atom. The van der Waals surface area contributed by atoms with Crippen molar-refractivity contribution in [1.29, 1.82) is 0 Å². The maximum atomic E-state index is 13.8. The van der Waals surface area contributed by atoms with Crippen molar-refractivity contribution in [3.63, 3.8) is 0 Å². The molecule has 2 aliphatic carbocycles. The number of thiazole rings is 2. The van der Waals surface area contributed by atoms with E-state index in [1.807, 2.05) is 30.3 Å². The highest BCUT2D eigenvalue weighted by Crippen LogP contribution is 2.42. The van der Waals surface area contributed by atoms with Crippen molar-refractivity contribution in [3.8, 4) is 32.6 Å². The average Bonchev–Trinajstić information content (AvgIpc) is 3.75. The number of nitrogen functional groups attached to an aromatic ring is 1. The maximum absolute atomic E-state index is 13.8. The van der Waals surface area contributed by atoms with Crippen LogP contribution < -0.4 is 15.2 Å². The van der Waals surface area contributed by atoms with Crippen molar-refractivity contribution in [2.75, 3.05) is 10.5 Å². The number of anilines is 2. The van der Waals surface area contributed by atoms with Crippen LogP contribution >= 0.6 is 22.7 Å². The van der Waals surface area contributed by atoms with Gasteiger partial charge in [0, 0.05) is 34.0 Å². The van der Waals surface area contributed by atoms with Gasteiger partial charge in [-0.3, -0.25) is 14.3 Å². The number of fused-ring (bicyclic) bond motifs is 4. The maximum Gasteiger partial charge on any atom is 0.245 e. The number of rotatable bonds is 7. The molecule has 9 rings (SSSR count). The van der Waals surface area contributed by atoms with Gasteiger partial charge < -0.3 is 15.6 Å². The minimum Gasteiger partial charge on any atom is -0.507 e. The zero-order valence-electron chi connectivity index (χ0n) is 29.7. The predicted molar refractivity (Wildman–Crippen MR) is 222 cm³/mol. The predicted octanol–water partition coefficient (Wildman–Crippen LogP) is 9.20.